The third-order valence-corrected chi connectivity index (χ3v) is 3.99. The minimum Gasteiger partial charge on any atom is -0.465 e. The Bertz CT molecular complexity index is 869. The maximum absolute atomic E-state index is 10.7. The second-order valence-corrected chi connectivity index (χ2v) is 5.85. The Labute approximate surface area is 144 Å². The predicted octanol–water partition coefficient (Wildman–Crippen LogP) is 3.74. The molecule has 0 aliphatic heterocycles. The van der Waals surface area contributed by atoms with Gasteiger partial charge in [-0.15, -0.1) is 10.2 Å². The van der Waals surface area contributed by atoms with Crippen molar-refractivity contribution >= 4 is 5.69 Å². The largest absolute Gasteiger partial charge is 0.465 e. The van der Waals surface area contributed by atoms with Crippen molar-refractivity contribution in [3.8, 4) is 11.5 Å². The molecule has 25 heavy (non-hydrogen) atoms. The Kier molecular flexibility index (Phi) is 4.62. The third-order valence-electron chi connectivity index (χ3n) is 3.99. The maximum atomic E-state index is 10.7. The summed E-state index contributed by atoms with van der Waals surface area (Å²) in [6.07, 6.45) is 0. The van der Waals surface area contributed by atoms with Crippen LogP contribution in [0.5, 0.6) is 0 Å². The van der Waals surface area contributed by atoms with E-state index in [2.05, 4.69) is 10.2 Å². The summed E-state index contributed by atoms with van der Waals surface area (Å²) in [6, 6.07) is 9.76. The lowest BCUT2D eigenvalue weighted by molar-refractivity contribution is -0.384. The molecule has 0 spiro atoms. The molecule has 0 amide bonds. The van der Waals surface area contributed by atoms with E-state index in [9.17, 15) is 10.1 Å². The van der Waals surface area contributed by atoms with Crippen LogP contribution in [0.25, 0.3) is 11.5 Å². The van der Waals surface area contributed by atoms with Gasteiger partial charge in [0.15, 0.2) is 0 Å². The first-order valence-electron chi connectivity index (χ1n) is 7.78. The van der Waals surface area contributed by atoms with Crippen LogP contribution < -0.4 is 0 Å². The van der Waals surface area contributed by atoms with Crippen LogP contribution in [0.4, 0.5) is 5.69 Å². The predicted molar refractivity (Wildman–Crippen MR) is 89.7 cm³/mol. The van der Waals surface area contributed by atoms with Crippen molar-refractivity contribution in [2.24, 2.45) is 0 Å². The standard InChI is InChI=1S/C17H18N4O4/c1-11-4-9-15(24-11)10-20(3)12(2)16-18-19-17(25-16)13-5-7-14(8-6-13)21(22)23/h4-9,12H,10H2,1-3H3/t12-/m1/s1. The average Bonchev–Trinajstić information content (AvgIpc) is 3.23. The minimum atomic E-state index is -0.448. The Hall–Kier alpha value is -3.00. The third kappa shape index (κ3) is 3.74. The molecule has 0 saturated carbocycles. The molecule has 0 saturated heterocycles. The van der Waals surface area contributed by atoms with Crippen molar-refractivity contribution in [1.29, 1.82) is 0 Å². The van der Waals surface area contributed by atoms with Crippen LogP contribution in [0.15, 0.2) is 45.2 Å². The zero-order chi connectivity index (χ0) is 18.0. The first-order chi connectivity index (χ1) is 11.9. The topological polar surface area (TPSA) is 98.4 Å². The fraction of sp³-hybridized carbons (Fsp3) is 0.294. The number of non-ortho nitro benzene ring substituents is 1. The highest BCUT2D eigenvalue weighted by Gasteiger charge is 2.20. The number of aryl methyl sites for hydroxylation is 1. The Morgan fingerprint density at radius 2 is 1.88 bits per heavy atom. The molecule has 1 atom stereocenters. The van der Waals surface area contributed by atoms with Gasteiger partial charge in [-0.1, -0.05) is 0 Å². The second-order valence-electron chi connectivity index (χ2n) is 5.85. The van der Waals surface area contributed by atoms with E-state index in [1.807, 2.05) is 37.9 Å². The number of nitro benzene ring substituents is 1. The summed E-state index contributed by atoms with van der Waals surface area (Å²) in [5.41, 5.74) is 0.659. The van der Waals surface area contributed by atoms with Crippen LogP contribution >= 0.6 is 0 Å². The molecule has 0 bridgehead atoms. The first-order valence-corrected chi connectivity index (χ1v) is 7.78. The van der Waals surface area contributed by atoms with E-state index in [1.165, 1.54) is 12.1 Å². The molecule has 8 nitrogen and oxygen atoms in total. The van der Waals surface area contributed by atoms with Crippen molar-refractivity contribution < 1.29 is 13.8 Å². The molecular weight excluding hydrogens is 324 g/mol. The molecule has 1 aromatic carbocycles. The van der Waals surface area contributed by atoms with Gasteiger partial charge < -0.3 is 8.83 Å². The van der Waals surface area contributed by atoms with Crippen LogP contribution in [-0.4, -0.2) is 27.1 Å². The Morgan fingerprint density at radius 1 is 1.16 bits per heavy atom. The molecular formula is C17H18N4O4. The quantitative estimate of drug-likeness (QED) is 0.497. The lowest BCUT2D eigenvalue weighted by Crippen LogP contribution is -2.21. The molecule has 0 radical (unpaired) electrons. The number of rotatable bonds is 6. The van der Waals surface area contributed by atoms with Gasteiger partial charge in [0.05, 0.1) is 17.5 Å². The van der Waals surface area contributed by atoms with Gasteiger partial charge in [0, 0.05) is 17.7 Å². The number of furan rings is 1. The van der Waals surface area contributed by atoms with Crippen molar-refractivity contribution in [2.45, 2.75) is 26.4 Å². The van der Waals surface area contributed by atoms with Gasteiger partial charge in [0.2, 0.25) is 11.8 Å². The number of benzene rings is 1. The molecule has 0 fully saturated rings. The number of hydrogen-bond donors (Lipinski definition) is 0. The normalized spacial score (nSPS) is 12.5. The highest BCUT2D eigenvalue weighted by Crippen LogP contribution is 2.25. The lowest BCUT2D eigenvalue weighted by Gasteiger charge is -2.20. The molecule has 3 aromatic rings. The van der Waals surface area contributed by atoms with E-state index < -0.39 is 4.92 Å². The maximum Gasteiger partial charge on any atom is 0.269 e. The van der Waals surface area contributed by atoms with E-state index in [-0.39, 0.29) is 11.7 Å². The van der Waals surface area contributed by atoms with E-state index >= 15 is 0 Å². The zero-order valence-corrected chi connectivity index (χ0v) is 14.2. The molecule has 130 valence electrons. The van der Waals surface area contributed by atoms with E-state index in [0.29, 0.717) is 23.9 Å². The van der Waals surface area contributed by atoms with Gasteiger partial charge in [-0.05, 0) is 45.2 Å². The number of nitrogens with zero attached hydrogens (tertiary/aromatic N) is 4. The van der Waals surface area contributed by atoms with Gasteiger partial charge in [-0.3, -0.25) is 15.0 Å². The van der Waals surface area contributed by atoms with Crippen LogP contribution in [0.3, 0.4) is 0 Å². The molecule has 0 N–H and O–H groups in total. The molecule has 0 unspecified atom stereocenters. The fourth-order valence-electron chi connectivity index (χ4n) is 2.39. The van der Waals surface area contributed by atoms with Gasteiger partial charge in [0.1, 0.15) is 11.5 Å². The van der Waals surface area contributed by atoms with Gasteiger partial charge in [-0.2, -0.15) is 0 Å². The lowest BCUT2D eigenvalue weighted by atomic mass is 10.2. The van der Waals surface area contributed by atoms with Crippen LogP contribution in [0.2, 0.25) is 0 Å². The molecule has 3 rings (SSSR count). The number of aromatic nitrogens is 2. The summed E-state index contributed by atoms with van der Waals surface area (Å²) < 4.78 is 11.3. The summed E-state index contributed by atoms with van der Waals surface area (Å²) in [5, 5.41) is 18.8. The summed E-state index contributed by atoms with van der Waals surface area (Å²) in [4.78, 5) is 12.3. The van der Waals surface area contributed by atoms with Gasteiger partial charge in [-0.25, -0.2) is 0 Å². The monoisotopic (exact) mass is 342 g/mol. The SMILES string of the molecule is Cc1ccc(CN(C)[C@H](C)c2nnc(-c3ccc([N+](=O)[O-])cc3)o2)o1. The van der Waals surface area contributed by atoms with Crippen molar-refractivity contribution in [3.63, 3.8) is 0 Å². The highest BCUT2D eigenvalue weighted by atomic mass is 16.6. The molecule has 0 aliphatic carbocycles. The average molecular weight is 342 g/mol. The molecule has 0 aliphatic rings. The number of nitro groups is 1. The second kappa shape index (κ2) is 6.86. The van der Waals surface area contributed by atoms with E-state index in [1.54, 1.807) is 12.1 Å². The molecule has 2 aromatic heterocycles. The summed E-state index contributed by atoms with van der Waals surface area (Å²) >= 11 is 0. The van der Waals surface area contributed by atoms with Crippen molar-refractivity contribution in [1.82, 2.24) is 15.1 Å². The molecule has 2 heterocycles. The Morgan fingerprint density at radius 3 is 2.48 bits per heavy atom. The van der Waals surface area contributed by atoms with Gasteiger partial charge >= 0.3 is 0 Å². The highest BCUT2D eigenvalue weighted by molar-refractivity contribution is 5.55. The van der Waals surface area contributed by atoms with Crippen molar-refractivity contribution in [3.05, 3.63) is 63.9 Å². The van der Waals surface area contributed by atoms with Gasteiger partial charge in [0.25, 0.3) is 5.69 Å². The van der Waals surface area contributed by atoms with E-state index in [0.717, 1.165) is 11.5 Å². The summed E-state index contributed by atoms with van der Waals surface area (Å²) in [6.45, 7) is 4.48. The van der Waals surface area contributed by atoms with E-state index in [4.69, 9.17) is 8.83 Å². The first kappa shape index (κ1) is 16.8. The summed E-state index contributed by atoms with van der Waals surface area (Å²) in [7, 11) is 1.94. The number of hydrogen-bond acceptors (Lipinski definition) is 7. The van der Waals surface area contributed by atoms with Crippen LogP contribution in [0, 0.1) is 17.0 Å². The minimum absolute atomic E-state index is 0.0188. The Balaban J connectivity index is 1.72. The summed E-state index contributed by atoms with van der Waals surface area (Å²) in [5.74, 6) is 2.54. The van der Waals surface area contributed by atoms with Crippen LogP contribution in [-0.2, 0) is 6.54 Å². The smallest absolute Gasteiger partial charge is 0.269 e. The fourth-order valence-corrected chi connectivity index (χ4v) is 2.39. The molecule has 8 heteroatoms. The van der Waals surface area contributed by atoms with Crippen LogP contribution in [0.1, 0.15) is 30.4 Å². The zero-order valence-electron chi connectivity index (χ0n) is 14.2. The van der Waals surface area contributed by atoms with Crippen molar-refractivity contribution in [2.75, 3.05) is 7.05 Å².